The van der Waals surface area contributed by atoms with Crippen molar-refractivity contribution in [3.8, 4) is 22.4 Å². The molecule has 0 spiro atoms. The second kappa shape index (κ2) is 6.88. The van der Waals surface area contributed by atoms with Crippen molar-refractivity contribution in [2.45, 2.75) is 6.54 Å². The van der Waals surface area contributed by atoms with E-state index < -0.39 is 0 Å². The average Bonchev–Trinajstić information content (AvgIpc) is 3.09. The van der Waals surface area contributed by atoms with E-state index in [9.17, 15) is 8.78 Å². The molecule has 0 aliphatic heterocycles. The highest BCUT2D eigenvalue weighted by atomic mass is 19.1. The molecule has 0 fully saturated rings. The van der Waals surface area contributed by atoms with Gasteiger partial charge in [-0.05, 0) is 48.0 Å². The summed E-state index contributed by atoms with van der Waals surface area (Å²) in [4.78, 5) is 4.04. The van der Waals surface area contributed by atoms with Crippen molar-refractivity contribution in [1.82, 2.24) is 14.8 Å². The molecule has 0 aliphatic rings. The van der Waals surface area contributed by atoms with Gasteiger partial charge in [-0.3, -0.25) is 9.67 Å². The number of hydrogen-bond donors (Lipinski definition) is 0. The van der Waals surface area contributed by atoms with Crippen molar-refractivity contribution < 1.29 is 8.78 Å². The molecule has 0 saturated heterocycles. The molecule has 0 N–H and O–H groups in total. The number of benzene rings is 2. The minimum atomic E-state index is -0.301. The summed E-state index contributed by atoms with van der Waals surface area (Å²) in [6, 6.07) is 16.6. The Balaban J connectivity index is 1.80. The lowest BCUT2D eigenvalue weighted by molar-refractivity contribution is 0.585. The minimum absolute atomic E-state index is 0.267. The second-order valence-corrected chi connectivity index (χ2v) is 5.92. The Morgan fingerprint density at radius 2 is 1.54 bits per heavy atom. The molecule has 128 valence electrons. The van der Waals surface area contributed by atoms with Crippen LogP contribution in [0.4, 0.5) is 8.78 Å². The summed E-state index contributed by atoms with van der Waals surface area (Å²) < 4.78 is 29.0. The molecule has 2 aromatic carbocycles. The van der Waals surface area contributed by atoms with E-state index in [1.165, 1.54) is 18.2 Å². The first-order valence-electron chi connectivity index (χ1n) is 8.18. The molecule has 2 heterocycles. The van der Waals surface area contributed by atoms with Crippen LogP contribution in [0.3, 0.4) is 0 Å². The number of pyridine rings is 1. The topological polar surface area (TPSA) is 30.7 Å². The maximum Gasteiger partial charge on any atom is 0.128 e. The molecule has 4 rings (SSSR count). The molecule has 5 heteroatoms. The smallest absolute Gasteiger partial charge is 0.128 e. The predicted molar refractivity (Wildman–Crippen MR) is 96.4 cm³/mol. The molecule has 0 aliphatic carbocycles. The van der Waals surface area contributed by atoms with Gasteiger partial charge in [0.15, 0.2) is 0 Å². The SMILES string of the molecule is Fc1ccc(-c2nn(Cc3ccccc3F)cc2-c2ccncc2)cc1. The lowest BCUT2D eigenvalue weighted by Gasteiger charge is -2.03. The monoisotopic (exact) mass is 347 g/mol. The minimum Gasteiger partial charge on any atom is -0.267 e. The standard InChI is InChI=1S/C21H15F2N3/c22-18-7-5-16(6-8-18)21-19(15-9-11-24-12-10-15)14-26(25-21)13-17-3-1-2-4-20(17)23/h1-12,14H,13H2. The number of halogens is 2. The zero-order chi connectivity index (χ0) is 17.9. The van der Waals surface area contributed by atoms with E-state index in [-0.39, 0.29) is 11.6 Å². The Morgan fingerprint density at radius 1 is 0.808 bits per heavy atom. The van der Waals surface area contributed by atoms with Crippen molar-refractivity contribution in [1.29, 1.82) is 0 Å². The van der Waals surface area contributed by atoms with Crippen LogP contribution in [-0.4, -0.2) is 14.8 Å². The highest BCUT2D eigenvalue weighted by Crippen LogP contribution is 2.31. The fourth-order valence-corrected chi connectivity index (χ4v) is 2.87. The highest BCUT2D eigenvalue weighted by Gasteiger charge is 2.14. The Labute approximate surface area is 149 Å². The Hall–Kier alpha value is -3.34. The van der Waals surface area contributed by atoms with E-state index in [1.807, 2.05) is 18.3 Å². The molecule has 0 unspecified atom stereocenters. The van der Waals surface area contributed by atoms with Gasteiger partial charge >= 0.3 is 0 Å². The summed E-state index contributed by atoms with van der Waals surface area (Å²) in [5.41, 5.74) is 3.90. The first kappa shape index (κ1) is 16.1. The average molecular weight is 347 g/mol. The largest absolute Gasteiger partial charge is 0.267 e. The van der Waals surface area contributed by atoms with Crippen LogP contribution in [0, 0.1) is 11.6 Å². The fraction of sp³-hybridized carbons (Fsp3) is 0.0476. The molecule has 3 nitrogen and oxygen atoms in total. The third kappa shape index (κ3) is 3.24. The Bertz CT molecular complexity index is 1020. The van der Waals surface area contributed by atoms with Gasteiger partial charge in [-0.25, -0.2) is 8.78 Å². The van der Waals surface area contributed by atoms with Crippen LogP contribution in [0.1, 0.15) is 5.56 Å². The molecule has 0 saturated carbocycles. The lowest BCUT2D eigenvalue weighted by Crippen LogP contribution is -2.02. The first-order chi connectivity index (χ1) is 12.7. The van der Waals surface area contributed by atoms with Gasteiger partial charge in [0.25, 0.3) is 0 Å². The van der Waals surface area contributed by atoms with E-state index >= 15 is 0 Å². The third-order valence-corrected chi connectivity index (χ3v) is 4.16. The van der Waals surface area contributed by atoms with Crippen LogP contribution in [0.5, 0.6) is 0 Å². The Kier molecular flexibility index (Phi) is 4.27. The van der Waals surface area contributed by atoms with E-state index in [4.69, 9.17) is 0 Å². The summed E-state index contributed by atoms with van der Waals surface area (Å²) in [5, 5.41) is 4.63. The van der Waals surface area contributed by atoms with Crippen molar-refractivity contribution in [3.63, 3.8) is 0 Å². The van der Waals surface area contributed by atoms with Crippen LogP contribution in [-0.2, 0) is 6.54 Å². The zero-order valence-electron chi connectivity index (χ0n) is 13.8. The number of hydrogen-bond acceptors (Lipinski definition) is 2. The molecule has 0 radical (unpaired) electrons. The van der Waals surface area contributed by atoms with Gasteiger partial charge in [0.1, 0.15) is 17.3 Å². The van der Waals surface area contributed by atoms with Crippen LogP contribution < -0.4 is 0 Å². The highest BCUT2D eigenvalue weighted by molar-refractivity contribution is 5.80. The molecule has 4 aromatic rings. The maximum absolute atomic E-state index is 14.0. The van der Waals surface area contributed by atoms with Crippen molar-refractivity contribution in [2.24, 2.45) is 0 Å². The van der Waals surface area contributed by atoms with Crippen molar-refractivity contribution in [2.75, 3.05) is 0 Å². The van der Waals surface area contributed by atoms with Gasteiger partial charge in [0.2, 0.25) is 0 Å². The normalized spacial score (nSPS) is 10.8. The van der Waals surface area contributed by atoms with E-state index in [2.05, 4.69) is 10.1 Å². The van der Waals surface area contributed by atoms with E-state index in [0.717, 1.165) is 16.7 Å². The molecule has 0 atom stereocenters. The van der Waals surface area contributed by atoms with Crippen LogP contribution in [0.15, 0.2) is 79.3 Å². The van der Waals surface area contributed by atoms with Gasteiger partial charge < -0.3 is 0 Å². The van der Waals surface area contributed by atoms with Gasteiger partial charge in [0.05, 0.1) is 6.54 Å². The molecular formula is C21H15F2N3. The summed E-state index contributed by atoms with van der Waals surface area (Å²) in [6.07, 6.45) is 5.29. The van der Waals surface area contributed by atoms with E-state index in [0.29, 0.717) is 17.8 Å². The third-order valence-electron chi connectivity index (χ3n) is 4.16. The maximum atomic E-state index is 14.0. The second-order valence-electron chi connectivity index (χ2n) is 5.92. The summed E-state index contributed by atoms with van der Waals surface area (Å²) in [6.45, 7) is 0.311. The van der Waals surface area contributed by atoms with Crippen LogP contribution in [0.2, 0.25) is 0 Å². The number of rotatable bonds is 4. The number of aromatic nitrogens is 3. The number of nitrogens with zero attached hydrogens (tertiary/aromatic N) is 3. The first-order valence-corrected chi connectivity index (χ1v) is 8.18. The van der Waals surface area contributed by atoms with Gasteiger partial charge in [-0.2, -0.15) is 5.10 Å². The molecule has 0 bridgehead atoms. The predicted octanol–water partition coefficient (Wildman–Crippen LogP) is 4.94. The fourth-order valence-electron chi connectivity index (χ4n) is 2.87. The quantitative estimate of drug-likeness (QED) is 0.524. The molecule has 0 amide bonds. The van der Waals surface area contributed by atoms with Crippen molar-refractivity contribution in [3.05, 3.63) is 96.5 Å². The molecular weight excluding hydrogens is 332 g/mol. The lowest BCUT2D eigenvalue weighted by atomic mass is 10.0. The van der Waals surface area contributed by atoms with Gasteiger partial charge in [-0.1, -0.05) is 18.2 Å². The van der Waals surface area contributed by atoms with E-state index in [1.54, 1.807) is 47.4 Å². The van der Waals surface area contributed by atoms with Gasteiger partial charge in [-0.15, -0.1) is 0 Å². The molecule has 2 aromatic heterocycles. The summed E-state index contributed by atoms with van der Waals surface area (Å²) in [7, 11) is 0. The van der Waals surface area contributed by atoms with Crippen molar-refractivity contribution >= 4 is 0 Å². The Morgan fingerprint density at radius 3 is 2.27 bits per heavy atom. The summed E-state index contributed by atoms with van der Waals surface area (Å²) >= 11 is 0. The summed E-state index contributed by atoms with van der Waals surface area (Å²) in [5.74, 6) is -0.568. The zero-order valence-corrected chi connectivity index (χ0v) is 13.8. The van der Waals surface area contributed by atoms with Crippen LogP contribution >= 0.6 is 0 Å². The molecule has 26 heavy (non-hydrogen) atoms. The van der Waals surface area contributed by atoms with Crippen LogP contribution in [0.25, 0.3) is 22.4 Å². The van der Waals surface area contributed by atoms with Gasteiger partial charge in [0, 0.05) is 35.3 Å².